The lowest BCUT2D eigenvalue weighted by Crippen LogP contribution is -2.41. The molecule has 8 heteroatoms. The average molecular weight is 344 g/mol. The van der Waals surface area contributed by atoms with Crippen molar-refractivity contribution in [2.45, 2.75) is 18.8 Å². The molecule has 1 aliphatic heterocycles. The molecule has 1 saturated heterocycles. The second-order valence-corrected chi connectivity index (χ2v) is 5.94. The molecule has 2 atom stereocenters. The fraction of sp³-hybridized carbons (Fsp3) is 0.412. The standard InChI is InChI=1S/C17H20N4O4/c1-11-19-16(25-20-11)14-10-21(17(23)18-8-15(22)24-2)9-13(14)12-6-4-3-5-7-12/h3-7,13-14H,8-10H2,1-2H3,(H,18,23)/t13-,14+/m1/s1. The quantitative estimate of drug-likeness (QED) is 0.843. The number of methoxy groups -OCH3 is 1. The van der Waals surface area contributed by atoms with Gasteiger partial charge in [-0.25, -0.2) is 4.79 Å². The van der Waals surface area contributed by atoms with Crippen LogP contribution in [0, 0.1) is 6.92 Å². The van der Waals surface area contributed by atoms with Gasteiger partial charge in [0.25, 0.3) is 0 Å². The normalized spacial score (nSPS) is 19.7. The summed E-state index contributed by atoms with van der Waals surface area (Å²) in [7, 11) is 1.28. The van der Waals surface area contributed by atoms with Crippen LogP contribution in [0.25, 0.3) is 0 Å². The molecule has 3 rings (SSSR count). The summed E-state index contributed by atoms with van der Waals surface area (Å²) in [5, 5.41) is 6.43. The molecule has 8 nitrogen and oxygen atoms in total. The van der Waals surface area contributed by atoms with Crippen LogP contribution in [-0.4, -0.2) is 53.8 Å². The lowest BCUT2D eigenvalue weighted by atomic mass is 9.89. The first-order valence-corrected chi connectivity index (χ1v) is 8.03. The molecule has 2 aromatic rings. The Labute approximate surface area is 145 Å². The van der Waals surface area contributed by atoms with E-state index in [0.29, 0.717) is 24.8 Å². The number of hydrogen-bond acceptors (Lipinski definition) is 6. The first kappa shape index (κ1) is 16.9. The predicted octanol–water partition coefficient (Wildman–Crippen LogP) is 1.44. The minimum atomic E-state index is -0.490. The van der Waals surface area contributed by atoms with Gasteiger partial charge in [-0.2, -0.15) is 4.98 Å². The molecular weight excluding hydrogens is 324 g/mol. The topological polar surface area (TPSA) is 97.6 Å². The number of urea groups is 1. The van der Waals surface area contributed by atoms with Crippen LogP contribution >= 0.6 is 0 Å². The molecule has 1 fully saturated rings. The van der Waals surface area contributed by atoms with Crippen molar-refractivity contribution in [3.8, 4) is 0 Å². The molecule has 0 saturated carbocycles. The van der Waals surface area contributed by atoms with E-state index in [1.54, 1.807) is 11.8 Å². The van der Waals surface area contributed by atoms with Crippen LogP contribution in [-0.2, 0) is 9.53 Å². The van der Waals surface area contributed by atoms with E-state index in [-0.39, 0.29) is 24.4 Å². The molecule has 1 N–H and O–H groups in total. The van der Waals surface area contributed by atoms with E-state index in [9.17, 15) is 9.59 Å². The number of carbonyl (C=O) groups is 2. The summed E-state index contributed by atoms with van der Waals surface area (Å²) in [5.41, 5.74) is 1.10. The highest BCUT2D eigenvalue weighted by atomic mass is 16.5. The van der Waals surface area contributed by atoms with E-state index in [2.05, 4.69) is 20.2 Å². The van der Waals surface area contributed by atoms with Crippen LogP contribution in [0.15, 0.2) is 34.9 Å². The summed E-state index contributed by atoms with van der Waals surface area (Å²) in [5.74, 6) is 0.554. The van der Waals surface area contributed by atoms with Crippen LogP contribution in [0.1, 0.15) is 29.1 Å². The van der Waals surface area contributed by atoms with Crippen molar-refractivity contribution in [3.63, 3.8) is 0 Å². The van der Waals surface area contributed by atoms with Crippen molar-refractivity contribution >= 4 is 12.0 Å². The molecule has 1 aromatic carbocycles. The highest BCUT2D eigenvalue weighted by Gasteiger charge is 2.40. The zero-order valence-electron chi connectivity index (χ0n) is 14.1. The van der Waals surface area contributed by atoms with Crippen LogP contribution in [0.3, 0.4) is 0 Å². The van der Waals surface area contributed by atoms with Crippen molar-refractivity contribution in [3.05, 3.63) is 47.6 Å². The number of benzene rings is 1. The number of ether oxygens (including phenoxy) is 1. The van der Waals surface area contributed by atoms with Gasteiger partial charge in [-0.05, 0) is 12.5 Å². The first-order valence-electron chi connectivity index (χ1n) is 8.03. The summed E-state index contributed by atoms with van der Waals surface area (Å²) in [4.78, 5) is 29.6. The van der Waals surface area contributed by atoms with Crippen molar-refractivity contribution in [1.82, 2.24) is 20.4 Å². The highest BCUT2D eigenvalue weighted by molar-refractivity contribution is 5.81. The zero-order valence-corrected chi connectivity index (χ0v) is 14.1. The summed E-state index contributed by atoms with van der Waals surface area (Å²) in [6.07, 6.45) is 0. The molecule has 0 unspecified atom stereocenters. The van der Waals surface area contributed by atoms with Gasteiger partial charge in [0.05, 0.1) is 13.0 Å². The molecule has 25 heavy (non-hydrogen) atoms. The molecule has 132 valence electrons. The van der Waals surface area contributed by atoms with Crippen LogP contribution in [0.4, 0.5) is 4.79 Å². The molecule has 2 amide bonds. The molecule has 0 bridgehead atoms. The second-order valence-electron chi connectivity index (χ2n) is 5.94. The zero-order chi connectivity index (χ0) is 17.8. The third kappa shape index (κ3) is 3.78. The van der Waals surface area contributed by atoms with Gasteiger partial charge >= 0.3 is 12.0 Å². The van der Waals surface area contributed by atoms with Gasteiger partial charge in [0.1, 0.15) is 6.54 Å². The average Bonchev–Trinajstić information content (AvgIpc) is 3.26. The highest BCUT2D eigenvalue weighted by Crippen LogP contribution is 2.38. The number of nitrogens with zero attached hydrogens (tertiary/aromatic N) is 3. The van der Waals surface area contributed by atoms with Crippen molar-refractivity contribution in [2.75, 3.05) is 26.7 Å². The summed E-state index contributed by atoms with van der Waals surface area (Å²) >= 11 is 0. The number of rotatable bonds is 4. The van der Waals surface area contributed by atoms with E-state index in [0.717, 1.165) is 5.56 Å². The molecular formula is C17H20N4O4. The number of carbonyl (C=O) groups excluding carboxylic acids is 2. The molecule has 0 aliphatic carbocycles. The maximum atomic E-state index is 12.4. The first-order chi connectivity index (χ1) is 12.1. The smallest absolute Gasteiger partial charge is 0.325 e. The number of amides is 2. The Kier molecular flexibility index (Phi) is 4.97. The SMILES string of the molecule is COC(=O)CNC(=O)N1C[C@H](c2ccccc2)[C@@H](c2nc(C)no2)C1. The number of hydrogen-bond donors (Lipinski definition) is 1. The van der Waals surface area contributed by atoms with Crippen molar-refractivity contribution < 1.29 is 18.8 Å². The van der Waals surface area contributed by atoms with E-state index >= 15 is 0 Å². The van der Waals surface area contributed by atoms with Gasteiger partial charge in [0.2, 0.25) is 5.89 Å². The molecule has 1 aromatic heterocycles. The Bertz CT molecular complexity index is 746. The van der Waals surface area contributed by atoms with Gasteiger partial charge in [0, 0.05) is 19.0 Å². The molecule has 0 spiro atoms. The maximum Gasteiger partial charge on any atom is 0.325 e. The summed E-state index contributed by atoms with van der Waals surface area (Å²) < 4.78 is 9.89. The lowest BCUT2D eigenvalue weighted by molar-refractivity contribution is -0.139. The Morgan fingerprint density at radius 3 is 2.64 bits per heavy atom. The summed E-state index contributed by atoms with van der Waals surface area (Å²) in [6, 6.07) is 9.61. The Morgan fingerprint density at radius 2 is 2.00 bits per heavy atom. The van der Waals surface area contributed by atoms with Crippen LogP contribution in [0.2, 0.25) is 0 Å². The largest absolute Gasteiger partial charge is 0.468 e. The Morgan fingerprint density at radius 1 is 1.28 bits per heavy atom. The minimum absolute atomic E-state index is 0.0462. The van der Waals surface area contributed by atoms with E-state index in [1.807, 2.05) is 30.3 Å². The number of aryl methyl sites for hydroxylation is 1. The molecule has 2 heterocycles. The second kappa shape index (κ2) is 7.33. The number of likely N-dealkylation sites (tertiary alicyclic amines) is 1. The third-order valence-corrected chi connectivity index (χ3v) is 4.31. The third-order valence-electron chi connectivity index (χ3n) is 4.31. The fourth-order valence-corrected chi connectivity index (χ4v) is 3.05. The number of aromatic nitrogens is 2. The Balaban J connectivity index is 1.78. The number of esters is 1. The van der Waals surface area contributed by atoms with E-state index in [1.165, 1.54) is 7.11 Å². The van der Waals surface area contributed by atoms with Crippen molar-refractivity contribution in [1.29, 1.82) is 0 Å². The fourth-order valence-electron chi connectivity index (χ4n) is 3.05. The van der Waals surface area contributed by atoms with Gasteiger partial charge < -0.3 is 19.5 Å². The maximum absolute atomic E-state index is 12.4. The van der Waals surface area contributed by atoms with E-state index in [4.69, 9.17) is 4.52 Å². The van der Waals surface area contributed by atoms with Gasteiger partial charge in [-0.3, -0.25) is 4.79 Å². The van der Waals surface area contributed by atoms with Crippen molar-refractivity contribution in [2.24, 2.45) is 0 Å². The molecule has 1 aliphatic rings. The molecule has 0 radical (unpaired) electrons. The van der Waals surface area contributed by atoms with E-state index < -0.39 is 5.97 Å². The van der Waals surface area contributed by atoms with Gasteiger partial charge in [0.15, 0.2) is 5.82 Å². The van der Waals surface area contributed by atoms with Gasteiger partial charge in [-0.15, -0.1) is 0 Å². The van der Waals surface area contributed by atoms with Crippen LogP contribution in [0.5, 0.6) is 0 Å². The van der Waals surface area contributed by atoms with Gasteiger partial charge in [-0.1, -0.05) is 35.5 Å². The van der Waals surface area contributed by atoms with Crippen LogP contribution < -0.4 is 5.32 Å². The predicted molar refractivity (Wildman–Crippen MR) is 87.9 cm³/mol. The lowest BCUT2D eigenvalue weighted by Gasteiger charge is -2.17. The number of nitrogens with one attached hydrogen (secondary N) is 1. The Hall–Kier alpha value is -2.90. The minimum Gasteiger partial charge on any atom is -0.468 e. The summed E-state index contributed by atoms with van der Waals surface area (Å²) in [6.45, 7) is 2.55. The monoisotopic (exact) mass is 344 g/mol.